The zero-order valence-corrected chi connectivity index (χ0v) is 16.2. The fourth-order valence-electron chi connectivity index (χ4n) is 3.12. The lowest BCUT2D eigenvalue weighted by atomic mass is 10.1. The van der Waals surface area contributed by atoms with E-state index >= 15 is 0 Å². The van der Waals surface area contributed by atoms with Crippen molar-refractivity contribution >= 4 is 17.7 Å². The van der Waals surface area contributed by atoms with Crippen molar-refractivity contribution in [3.05, 3.63) is 48.2 Å². The van der Waals surface area contributed by atoms with Crippen LogP contribution < -0.4 is 4.74 Å². The molecule has 5 nitrogen and oxygen atoms in total. The summed E-state index contributed by atoms with van der Waals surface area (Å²) in [6, 6.07) is 11.4. The average molecular weight is 372 g/mol. The van der Waals surface area contributed by atoms with E-state index in [-0.39, 0.29) is 5.91 Å². The fraction of sp³-hybridized carbons (Fsp3) is 0.400. The maximum absolute atomic E-state index is 12.8. The normalized spacial score (nSPS) is 15.1. The Balaban J connectivity index is 1.64. The minimum absolute atomic E-state index is 0.106. The smallest absolute Gasteiger partial charge is 0.253 e. The van der Waals surface area contributed by atoms with E-state index in [4.69, 9.17) is 4.74 Å². The maximum Gasteiger partial charge on any atom is 0.253 e. The minimum atomic E-state index is 0.106. The highest BCUT2D eigenvalue weighted by molar-refractivity contribution is 7.98. The first-order chi connectivity index (χ1) is 12.7. The van der Waals surface area contributed by atoms with Gasteiger partial charge in [0.2, 0.25) is 0 Å². The molecule has 26 heavy (non-hydrogen) atoms. The van der Waals surface area contributed by atoms with Crippen LogP contribution in [0.2, 0.25) is 0 Å². The summed E-state index contributed by atoms with van der Waals surface area (Å²) in [4.78, 5) is 21.5. The fourth-order valence-corrected chi connectivity index (χ4v) is 3.56. The molecule has 0 unspecified atom stereocenters. The molecule has 0 atom stereocenters. The number of hydrogen-bond acceptors (Lipinski definition) is 5. The molecule has 0 spiro atoms. The molecule has 1 saturated heterocycles. The Morgan fingerprint density at radius 3 is 2.54 bits per heavy atom. The summed E-state index contributed by atoms with van der Waals surface area (Å²) >= 11 is 1.87. The Kier molecular flexibility index (Phi) is 6.52. The Morgan fingerprint density at radius 1 is 1.15 bits per heavy atom. The second kappa shape index (κ2) is 9.05. The minimum Gasteiger partial charge on any atom is -0.494 e. The van der Waals surface area contributed by atoms with Gasteiger partial charge in [-0.3, -0.25) is 14.7 Å². The van der Waals surface area contributed by atoms with Crippen LogP contribution >= 0.6 is 11.8 Å². The lowest BCUT2D eigenvalue weighted by molar-refractivity contribution is 0.0644. The summed E-state index contributed by atoms with van der Waals surface area (Å²) in [5, 5.41) is 0. The monoisotopic (exact) mass is 371 g/mol. The summed E-state index contributed by atoms with van der Waals surface area (Å²) < 4.78 is 5.37. The predicted octanol–water partition coefficient (Wildman–Crippen LogP) is 2.88. The summed E-state index contributed by atoms with van der Waals surface area (Å²) in [5.41, 5.74) is 2.46. The zero-order valence-electron chi connectivity index (χ0n) is 15.4. The van der Waals surface area contributed by atoms with Gasteiger partial charge in [-0.2, -0.15) is 11.8 Å². The van der Waals surface area contributed by atoms with E-state index in [2.05, 4.69) is 16.1 Å². The molecule has 0 bridgehead atoms. The van der Waals surface area contributed by atoms with Crippen LogP contribution in [-0.2, 0) is 0 Å². The zero-order chi connectivity index (χ0) is 18.4. The van der Waals surface area contributed by atoms with Crippen molar-refractivity contribution in [1.82, 2.24) is 14.8 Å². The van der Waals surface area contributed by atoms with Crippen molar-refractivity contribution in [2.45, 2.75) is 0 Å². The van der Waals surface area contributed by atoms with Gasteiger partial charge in [0.05, 0.1) is 7.11 Å². The molecule has 1 aromatic heterocycles. The summed E-state index contributed by atoms with van der Waals surface area (Å²) in [7, 11) is 1.64. The molecule has 0 aliphatic carbocycles. The van der Waals surface area contributed by atoms with E-state index in [9.17, 15) is 4.79 Å². The SMILES string of the molecule is COc1cccnc1-c1ccc(C(=O)N2CCN(CCSC)CC2)cc1. The van der Waals surface area contributed by atoms with E-state index in [1.165, 1.54) is 0 Å². The standard InChI is InChI=1S/C20H25N3O2S/c1-25-18-4-3-9-21-19(18)16-5-7-17(8-6-16)20(24)23-12-10-22(11-13-23)14-15-26-2/h3-9H,10-15H2,1-2H3. The van der Waals surface area contributed by atoms with Gasteiger partial charge in [0.1, 0.15) is 11.4 Å². The van der Waals surface area contributed by atoms with Crippen LogP contribution in [0.5, 0.6) is 5.75 Å². The van der Waals surface area contributed by atoms with Gasteiger partial charge in [0.15, 0.2) is 0 Å². The molecule has 6 heteroatoms. The van der Waals surface area contributed by atoms with Crippen LogP contribution in [0.4, 0.5) is 0 Å². The number of pyridine rings is 1. The van der Waals surface area contributed by atoms with Crippen molar-refractivity contribution in [2.24, 2.45) is 0 Å². The van der Waals surface area contributed by atoms with E-state index < -0.39 is 0 Å². The molecule has 1 amide bonds. The summed E-state index contributed by atoms with van der Waals surface area (Å²) in [6.07, 6.45) is 3.87. The lowest BCUT2D eigenvalue weighted by Gasteiger charge is -2.34. The van der Waals surface area contributed by atoms with E-state index in [1.807, 2.05) is 53.1 Å². The topological polar surface area (TPSA) is 45.7 Å². The number of rotatable bonds is 6. The molecule has 0 saturated carbocycles. The highest BCUT2D eigenvalue weighted by Gasteiger charge is 2.22. The van der Waals surface area contributed by atoms with Crippen LogP contribution in [0.25, 0.3) is 11.3 Å². The maximum atomic E-state index is 12.8. The Morgan fingerprint density at radius 2 is 1.88 bits per heavy atom. The van der Waals surface area contributed by atoms with Gasteiger partial charge >= 0.3 is 0 Å². The molecule has 1 aliphatic rings. The Bertz CT molecular complexity index is 728. The molecule has 1 aliphatic heterocycles. The highest BCUT2D eigenvalue weighted by Crippen LogP contribution is 2.27. The number of piperazine rings is 1. The van der Waals surface area contributed by atoms with Gasteiger partial charge in [-0.25, -0.2) is 0 Å². The molecular formula is C20H25N3O2S. The number of amides is 1. The van der Waals surface area contributed by atoms with Crippen LogP contribution in [0.3, 0.4) is 0 Å². The van der Waals surface area contributed by atoms with E-state index in [0.717, 1.165) is 61.0 Å². The summed E-state index contributed by atoms with van der Waals surface area (Å²) in [6.45, 7) is 4.60. The lowest BCUT2D eigenvalue weighted by Crippen LogP contribution is -2.49. The number of nitrogens with zero attached hydrogens (tertiary/aromatic N) is 3. The first kappa shape index (κ1) is 18.7. The second-order valence-corrected chi connectivity index (χ2v) is 7.24. The van der Waals surface area contributed by atoms with Crippen molar-refractivity contribution < 1.29 is 9.53 Å². The number of thioether (sulfide) groups is 1. The van der Waals surface area contributed by atoms with Crippen LogP contribution in [-0.4, -0.2) is 72.5 Å². The quantitative estimate of drug-likeness (QED) is 0.781. The Hall–Kier alpha value is -2.05. The van der Waals surface area contributed by atoms with Crippen LogP contribution in [0, 0.1) is 0 Å². The second-order valence-electron chi connectivity index (χ2n) is 6.26. The van der Waals surface area contributed by atoms with Gasteiger partial charge in [-0.05, 0) is 30.5 Å². The molecule has 1 aromatic carbocycles. The molecule has 3 rings (SSSR count). The first-order valence-corrected chi connectivity index (χ1v) is 10.2. The van der Waals surface area contributed by atoms with Gasteiger partial charge in [0, 0.05) is 55.8 Å². The Labute approximate surface area is 159 Å². The number of carbonyl (C=O) groups excluding carboxylic acids is 1. The van der Waals surface area contributed by atoms with Gasteiger partial charge in [-0.15, -0.1) is 0 Å². The average Bonchev–Trinajstić information content (AvgIpc) is 2.72. The largest absolute Gasteiger partial charge is 0.494 e. The number of benzene rings is 1. The molecule has 138 valence electrons. The third-order valence-corrected chi connectivity index (χ3v) is 5.26. The van der Waals surface area contributed by atoms with Crippen LogP contribution in [0.1, 0.15) is 10.4 Å². The molecule has 0 N–H and O–H groups in total. The molecule has 1 fully saturated rings. The molecular weight excluding hydrogens is 346 g/mol. The van der Waals surface area contributed by atoms with Crippen molar-refractivity contribution in [3.63, 3.8) is 0 Å². The van der Waals surface area contributed by atoms with Crippen molar-refractivity contribution in [3.8, 4) is 17.0 Å². The molecule has 2 aromatic rings. The number of aromatic nitrogens is 1. The molecule has 2 heterocycles. The number of carbonyl (C=O) groups is 1. The summed E-state index contributed by atoms with van der Waals surface area (Å²) in [5.74, 6) is 1.98. The first-order valence-electron chi connectivity index (χ1n) is 8.83. The predicted molar refractivity (Wildman–Crippen MR) is 107 cm³/mol. The van der Waals surface area contributed by atoms with Gasteiger partial charge in [0.25, 0.3) is 5.91 Å². The molecule has 0 radical (unpaired) electrons. The number of ether oxygens (including phenoxy) is 1. The van der Waals surface area contributed by atoms with Crippen molar-refractivity contribution in [2.75, 3.05) is 51.8 Å². The van der Waals surface area contributed by atoms with E-state index in [0.29, 0.717) is 0 Å². The van der Waals surface area contributed by atoms with E-state index in [1.54, 1.807) is 13.3 Å². The highest BCUT2D eigenvalue weighted by atomic mass is 32.2. The van der Waals surface area contributed by atoms with Crippen molar-refractivity contribution in [1.29, 1.82) is 0 Å². The van der Waals surface area contributed by atoms with Gasteiger partial charge < -0.3 is 9.64 Å². The van der Waals surface area contributed by atoms with Gasteiger partial charge in [-0.1, -0.05) is 12.1 Å². The third kappa shape index (κ3) is 4.37. The number of methoxy groups -OCH3 is 1. The number of hydrogen-bond donors (Lipinski definition) is 0. The third-order valence-electron chi connectivity index (χ3n) is 4.67. The van der Waals surface area contributed by atoms with Crippen LogP contribution in [0.15, 0.2) is 42.6 Å².